The number of nitrogens with one attached hydrogen (secondary N) is 1. The van der Waals surface area contributed by atoms with Crippen LogP contribution in [0.4, 0.5) is 5.82 Å². The zero-order chi connectivity index (χ0) is 12.1. The molecule has 1 aromatic heterocycles. The van der Waals surface area contributed by atoms with Gasteiger partial charge in [-0.1, -0.05) is 30.3 Å². The minimum Gasteiger partial charge on any atom is -0.382 e. The third-order valence-electron chi connectivity index (χ3n) is 3.76. The van der Waals surface area contributed by atoms with Crippen molar-refractivity contribution in [2.75, 3.05) is 5.73 Å². The second-order valence-electron chi connectivity index (χ2n) is 4.82. The number of aryl methyl sites for hydroxylation is 2. The molecule has 2 aromatic carbocycles. The van der Waals surface area contributed by atoms with Crippen LogP contribution in [0.25, 0.3) is 22.0 Å². The van der Waals surface area contributed by atoms with Gasteiger partial charge in [0.2, 0.25) is 0 Å². The molecule has 0 radical (unpaired) electrons. The van der Waals surface area contributed by atoms with Crippen molar-refractivity contribution in [3.63, 3.8) is 0 Å². The van der Waals surface area contributed by atoms with Crippen molar-refractivity contribution >= 4 is 16.6 Å². The Kier molecular flexibility index (Phi) is 1.81. The van der Waals surface area contributed by atoms with Gasteiger partial charge >= 0.3 is 0 Å². The van der Waals surface area contributed by atoms with Gasteiger partial charge in [0.05, 0.1) is 5.69 Å². The number of nitrogens with zero attached hydrogens (tertiary/aromatic N) is 1. The van der Waals surface area contributed by atoms with E-state index >= 15 is 0 Å². The molecule has 0 saturated heterocycles. The van der Waals surface area contributed by atoms with Crippen LogP contribution in [0, 0.1) is 0 Å². The Bertz CT molecular complexity index is 745. The molecule has 0 atom stereocenters. The summed E-state index contributed by atoms with van der Waals surface area (Å²) >= 11 is 0. The first-order valence-electron chi connectivity index (χ1n) is 6.18. The van der Waals surface area contributed by atoms with Crippen molar-refractivity contribution in [2.24, 2.45) is 0 Å². The number of aromatic nitrogens is 2. The number of aromatic amines is 1. The van der Waals surface area contributed by atoms with Gasteiger partial charge in [0, 0.05) is 11.6 Å². The summed E-state index contributed by atoms with van der Waals surface area (Å²) in [6.07, 6.45) is 2.31. The highest BCUT2D eigenvalue weighted by Gasteiger charge is 2.16. The van der Waals surface area contributed by atoms with Crippen molar-refractivity contribution in [1.82, 2.24) is 10.2 Å². The summed E-state index contributed by atoms with van der Waals surface area (Å²) < 4.78 is 0. The zero-order valence-electron chi connectivity index (χ0n) is 9.90. The maximum atomic E-state index is 5.69. The normalized spacial score (nSPS) is 13.3. The van der Waals surface area contributed by atoms with Crippen molar-refractivity contribution in [2.45, 2.75) is 12.8 Å². The number of benzene rings is 2. The largest absolute Gasteiger partial charge is 0.382 e. The molecule has 1 aliphatic carbocycles. The number of H-pyrrole nitrogens is 1. The monoisotopic (exact) mass is 235 g/mol. The van der Waals surface area contributed by atoms with Gasteiger partial charge in [0.25, 0.3) is 0 Å². The molecular weight excluding hydrogens is 222 g/mol. The van der Waals surface area contributed by atoms with Crippen LogP contribution < -0.4 is 5.73 Å². The lowest BCUT2D eigenvalue weighted by atomic mass is 9.98. The van der Waals surface area contributed by atoms with Gasteiger partial charge in [0.15, 0.2) is 0 Å². The minimum atomic E-state index is 0.535. The molecule has 3 aromatic rings. The average Bonchev–Trinajstić information content (AvgIpc) is 2.99. The molecule has 0 bridgehead atoms. The van der Waals surface area contributed by atoms with E-state index in [1.54, 1.807) is 0 Å². The molecule has 0 unspecified atom stereocenters. The Hall–Kier alpha value is -2.29. The molecule has 3 heteroatoms. The molecule has 3 nitrogen and oxygen atoms in total. The minimum absolute atomic E-state index is 0.535. The molecule has 4 rings (SSSR count). The molecule has 1 aliphatic rings. The summed E-state index contributed by atoms with van der Waals surface area (Å²) in [6.45, 7) is 0. The number of rotatable bonds is 1. The van der Waals surface area contributed by atoms with Gasteiger partial charge in [0.1, 0.15) is 5.82 Å². The lowest BCUT2D eigenvalue weighted by Crippen LogP contribution is -1.85. The Balaban J connectivity index is 2.09. The number of nitrogen functional groups attached to an aromatic ring is 1. The average molecular weight is 235 g/mol. The van der Waals surface area contributed by atoms with Crippen LogP contribution in [0.3, 0.4) is 0 Å². The van der Waals surface area contributed by atoms with Gasteiger partial charge in [-0.05, 0) is 34.7 Å². The van der Waals surface area contributed by atoms with E-state index in [0.29, 0.717) is 5.82 Å². The van der Waals surface area contributed by atoms with E-state index in [1.807, 2.05) is 6.07 Å². The van der Waals surface area contributed by atoms with Crippen LogP contribution in [-0.4, -0.2) is 10.2 Å². The molecule has 1 heterocycles. The number of anilines is 1. The highest BCUT2D eigenvalue weighted by atomic mass is 15.2. The second kappa shape index (κ2) is 3.35. The van der Waals surface area contributed by atoms with Gasteiger partial charge in [-0.3, -0.25) is 5.10 Å². The fourth-order valence-corrected chi connectivity index (χ4v) is 2.96. The highest BCUT2D eigenvalue weighted by molar-refractivity contribution is 6.00. The van der Waals surface area contributed by atoms with Crippen LogP contribution in [0.1, 0.15) is 11.1 Å². The molecular formula is C15H13N3. The fraction of sp³-hybridized carbons (Fsp3) is 0.133. The molecule has 18 heavy (non-hydrogen) atoms. The van der Waals surface area contributed by atoms with E-state index in [-0.39, 0.29) is 0 Å². The first kappa shape index (κ1) is 9.71. The maximum absolute atomic E-state index is 5.69. The lowest BCUT2D eigenvalue weighted by Gasteiger charge is -2.07. The number of nitrogens with two attached hydrogens (primary N) is 1. The van der Waals surface area contributed by atoms with Gasteiger partial charge in [-0.25, -0.2) is 0 Å². The van der Waals surface area contributed by atoms with Crippen LogP contribution in [0.15, 0.2) is 36.4 Å². The number of hydrogen-bond donors (Lipinski definition) is 2. The second-order valence-corrected chi connectivity index (χ2v) is 4.82. The predicted octanol–water partition coefficient (Wildman–Crippen LogP) is 2.91. The SMILES string of the molecule is Nc1cc(-c2ccc3c4c(cccc24)CC3)[nH]n1. The zero-order valence-corrected chi connectivity index (χ0v) is 9.90. The predicted molar refractivity (Wildman–Crippen MR) is 73.4 cm³/mol. The summed E-state index contributed by atoms with van der Waals surface area (Å²) in [4.78, 5) is 0. The molecule has 0 saturated carbocycles. The Labute approximate surface area is 105 Å². The molecule has 0 spiro atoms. The smallest absolute Gasteiger partial charge is 0.145 e. The Morgan fingerprint density at radius 2 is 1.89 bits per heavy atom. The summed E-state index contributed by atoms with van der Waals surface area (Å²) in [5, 5.41) is 9.73. The molecule has 3 N–H and O–H groups in total. The van der Waals surface area contributed by atoms with Crippen LogP contribution in [0.2, 0.25) is 0 Å². The van der Waals surface area contributed by atoms with E-state index in [0.717, 1.165) is 18.5 Å². The standard InChI is InChI=1S/C15H13N3/c16-14-8-13(17-18-14)11-7-6-10-5-4-9-2-1-3-12(11)15(9)10/h1-3,6-8H,4-5H2,(H3,16,17,18). The molecule has 0 aliphatic heterocycles. The quantitative estimate of drug-likeness (QED) is 0.681. The van der Waals surface area contributed by atoms with Crippen LogP contribution in [0.5, 0.6) is 0 Å². The third-order valence-corrected chi connectivity index (χ3v) is 3.76. The number of hydrogen-bond acceptors (Lipinski definition) is 2. The van der Waals surface area contributed by atoms with Gasteiger partial charge < -0.3 is 5.73 Å². The van der Waals surface area contributed by atoms with E-state index in [2.05, 4.69) is 40.5 Å². The van der Waals surface area contributed by atoms with Crippen LogP contribution >= 0.6 is 0 Å². The fourth-order valence-electron chi connectivity index (χ4n) is 2.96. The lowest BCUT2D eigenvalue weighted by molar-refractivity contribution is 1.02. The van der Waals surface area contributed by atoms with E-state index in [9.17, 15) is 0 Å². The summed E-state index contributed by atoms with van der Waals surface area (Å²) in [7, 11) is 0. The van der Waals surface area contributed by atoms with E-state index in [4.69, 9.17) is 5.73 Å². The van der Waals surface area contributed by atoms with Crippen LogP contribution in [-0.2, 0) is 12.8 Å². The highest BCUT2D eigenvalue weighted by Crippen LogP contribution is 2.36. The summed E-state index contributed by atoms with van der Waals surface area (Å²) in [6, 6.07) is 12.8. The van der Waals surface area contributed by atoms with Gasteiger partial charge in [-0.15, -0.1) is 0 Å². The molecule has 88 valence electrons. The van der Waals surface area contributed by atoms with Crippen molar-refractivity contribution < 1.29 is 0 Å². The van der Waals surface area contributed by atoms with Crippen molar-refractivity contribution in [1.29, 1.82) is 0 Å². The van der Waals surface area contributed by atoms with Crippen molar-refractivity contribution in [3.8, 4) is 11.3 Å². The first-order chi connectivity index (χ1) is 8.83. The van der Waals surface area contributed by atoms with E-state index in [1.165, 1.54) is 27.5 Å². The first-order valence-corrected chi connectivity index (χ1v) is 6.18. The van der Waals surface area contributed by atoms with Crippen molar-refractivity contribution in [3.05, 3.63) is 47.5 Å². The Morgan fingerprint density at radius 1 is 1.06 bits per heavy atom. The molecule has 0 amide bonds. The molecule has 0 fully saturated rings. The summed E-state index contributed by atoms with van der Waals surface area (Å²) in [5.74, 6) is 0.535. The third kappa shape index (κ3) is 1.21. The Morgan fingerprint density at radius 3 is 2.67 bits per heavy atom. The maximum Gasteiger partial charge on any atom is 0.145 e. The van der Waals surface area contributed by atoms with Gasteiger partial charge in [-0.2, -0.15) is 5.10 Å². The van der Waals surface area contributed by atoms with E-state index < -0.39 is 0 Å². The topological polar surface area (TPSA) is 54.7 Å². The summed E-state index contributed by atoms with van der Waals surface area (Å²) in [5.41, 5.74) is 10.8.